The zero-order valence-electron chi connectivity index (χ0n) is 34.7. The van der Waals surface area contributed by atoms with Gasteiger partial charge in [0.2, 0.25) is 0 Å². The molecule has 0 bridgehead atoms. The van der Waals surface area contributed by atoms with Crippen LogP contribution in [-0.4, -0.2) is 0 Å². The third-order valence-corrected chi connectivity index (χ3v) is 14.4. The van der Waals surface area contributed by atoms with Gasteiger partial charge in [0.05, 0.1) is 0 Å². The lowest BCUT2D eigenvalue weighted by Gasteiger charge is -2.24. The van der Waals surface area contributed by atoms with Crippen molar-refractivity contribution in [1.29, 1.82) is 0 Å². The summed E-state index contributed by atoms with van der Waals surface area (Å²) in [6.07, 6.45) is 0. The molecule has 2 aliphatic carbocycles. The Bertz CT molecular complexity index is 3630. The first kappa shape index (κ1) is 34.6. The van der Waals surface area contributed by atoms with E-state index in [9.17, 15) is 0 Å². The molecule has 0 unspecified atom stereocenters. The van der Waals surface area contributed by atoms with Crippen LogP contribution in [0, 0.1) is 0 Å². The van der Waals surface area contributed by atoms with E-state index in [1.165, 1.54) is 121 Å². The van der Waals surface area contributed by atoms with Crippen molar-refractivity contribution in [2.24, 2.45) is 0 Å². The average Bonchev–Trinajstić information content (AvgIpc) is 3.84. The van der Waals surface area contributed by atoms with Crippen molar-refractivity contribution in [3.63, 3.8) is 0 Å². The van der Waals surface area contributed by atoms with Crippen LogP contribution in [0.25, 0.3) is 110 Å². The molecule has 0 amide bonds. The van der Waals surface area contributed by atoms with Gasteiger partial charge in [-0.25, -0.2) is 0 Å². The smallest absolute Gasteiger partial charge is 0.136 e. The van der Waals surface area contributed by atoms with Gasteiger partial charge < -0.3 is 4.42 Å². The van der Waals surface area contributed by atoms with E-state index in [-0.39, 0.29) is 10.8 Å². The maximum atomic E-state index is 6.33. The summed E-state index contributed by atoms with van der Waals surface area (Å²) in [4.78, 5) is 0. The highest BCUT2D eigenvalue weighted by Gasteiger charge is 2.38. The monoisotopic (exact) mass is 778 g/mol. The van der Waals surface area contributed by atoms with Gasteiger partial charge in [-0.2, -0.15) is 0 Å². The van der Waals surface area contributed by atoms with Crippen LogP contribution in [0.2, 0.25) is 0 Å². The fourth-order valence-electron chi connectivity index (χ4n) is 11.3. The molecule has 288 valence electrons. The summed E-state index contributed by atoms with van der Waals surface area (Å²) >= 11 is 0. The minimum absolute atomic E-state index is 0.109. The molecule has 10 aromatic carbocycles. The van der Waals surface area contributed by atoms with Crippen LogP contribution >= 0.6 is 0 Å². The SMILES string of the molecule is CC1(C)c2cc(-c3ccc4c(c3)-c3cc5cc6oc7ccccc7c6cc5cc3C4(C)C)ccc2-c2ccc(-c3c4ccccc4c(-c4ccccc4)c4ccccc34)cc21. The Morgan fingerprint density at radius 1 is 0.295 bits per heavy atom. The topological polar surface area (TPSA) is 13.1 Å². The van der Waals surface area contributed by atoms with Crippen molar-refractivity contribution in [1.82, 2.24) is 0 Å². The van der Waals surface area contributed by atoms with Gasteiger partial charge in [-0.05, 0) is 159 Å². The Kier molecular flexibility index (Phi) is 6.91. The van der Waals surface area contributed by atoms with Crippen LogP contribution in [0.1, 0.15) is 49.9 Å². The zero-order valence-corrected chi connectivity index (χ0v) is 34.7. The van der Waals surface area contributed by atoms with E-state index in [0.717, 1.165) is 11.2 Å². The molecule has 0 N–H and O–H groups in total. The van der Waals surface area contributed by atoms with Crippen LogP contribution in [0.5, 0.6) is 0 Å². The van der Waals surface area contributed by atoms with Gasteiger partial charge in [0, 0.05) is 21.6 Å². The number of benzene rings is 10. The van der Waals surface area contributed by atoms with E-state index in [1.807, 2.05) is 6.07 Å². The maximum Gasteiger partial charge on any atom is 0.136 e. The molecule has 0 saturated carbocycles. The fraction of sp³-hybridized carbons (Fsp3) is 0.100. The summed E-state index contributed by atoms with van der Waals surface area (Å²) in [5, 5.41) is 9.96. The van der Waals surface area contributed by atoms with Crippen LogP contribution < -0.4 is 0 Å². The van der Waals surface area contributed by atoms with Crippen molar-refractivity contribution in [3.8, 4) is 55.6 Å². The van der Waals surface area contributed by atoms with E-state index in [0.29, 0.717) is 0 Å². The molecular formula is C60H42O. The van der Waals surface area contributed by atoms with Gasteiger partial charge in [0.1, 0.15) is 11.2 Å². The third-order valence-electron chi connectivity index (χ3n) is 14.4. The van der Waals surface area contributed by atoms with Gasteiger partial charge in [-0.3, -0.25) is 0 Å². The molecule has 1 heteroatoms. The van der Waals surface area contributed by atoms with E-state index >= 15 is 0 Å². The molecule has 61 heavy (non-hydrogen) atoms. The van der Waals surface area contributed by atoms with Crippen molar-refractivity contribution >= 4 is 54.3 Å². The maximum absolute atomic E-state index is 6.33. The van der Waals surface area contributed by atoms with E-state index in [4.69, 9.17) is 4.42 Å². The summed E-state index contributed by atoms with van der Waals surface area (Å²) in [6.45, 7) is 9.57. The number of para-hydroxylation sites is 1. The first-order valence-corrected chi connectivity index (χ1v) is 21.6. The summed E-state index contributed by atoms with van der Waals surface area (Å²) in [5.74, 6) is 0. The molecule has 13 rings (SSSR count). The van der Waals surface area contributed by atoms with E-state index in [2.05, 4.69) is 204 Å². The van der Waals surface area contributed by atoms with Gasteiger partial charge in [-0.1, -0.05) is 161 Å². The molecule has 0 spiro atoms. The normalized spacial score (nSPS) is 14.5. The molecule has 11 aromatic rings. The highest BCUT2D eigenvalue weighted by atomic mass is 16.3. The Labute approximate surface area is 355 Å². The van der Waals surface area contributed by atoms with Crippen LogP contribution in [0.15, 0.2) is 186 Å². The largest absolute Gasteiger partial charge is 0.456 e. The van der Waals surface area contributed by atoms with E-state index < -0.39 is 0 Å². The van der Waals surface area contributed by atoms with Crippen LogP contribution in [-0.2, 0) is 10.8 Å². The molecule has 0 fully saturated rings. The second-order valence-electron chi connectivity index (χ2n) is 18.4. The summed E-state index contributed by atoms with van der Waals surface area (Å²) in [5.41, 5.74) is 20.1. The number of rotatable bonds is 3. The first-order valence-electron chi connectivity index (χ1n) is 21.6. The summed E-state index contributed by atoms with van der Waals surface area (Å²) < 4.78 is 6.33. The molecule has 0 radical (unpaired) electrons. The molecule has 0 aliphatic heterocycles. The quantitative estimate of drug-likeness (QED) is 0.163. The third kappa shape index (κ3) is 4.78. The lowest BCUT2D eigenvalue weighted by molar-refractivity contribution is 0.660. The van der Waals surface area contributed by atoms with Crippen molar-refractivity contribution in [2.45, 2.75) is 38.5 Å². The number of hydrogen-bond acceptors (Lipinski definition) is 1. The Hall–Kier alpha value is -7.22. The zero-order chi connectivity index (χ0) is 40.8. The van der Waals surface area contributed by atoms with Crippen LogP contribution in [0.3, 0.4) is 0 Å². The minimum Gasteiger partial charge on any atom is -0.456 e. The lowest BCUT2D eigenvalue weighted by atomic mass is 9.79. The fourth-order valence-corrected chi connectivity index (χ4v) is 11.3. The Balaban J connectivity index is 0.916. The molecule has 0 atom stereocenters. The van der Waals surface area contributed by atoms with Gasteiger partial charge in [0.25, 0.3) is 0 Å². The lowest BCUT2D eigenvalue weighted by Crippen LogP contribution is -2.15. The van der Waals surface area contributed by atoms with E-state index in [1.54, 1.807) is 0 Å². The predicted molar refractivity (Wildman–Crippen MR) is 258 cm³/mol. The summed E-state index contributed by atoms with van der Waals surface area (Å²) in [7, 11) is 0. The Morgan fingerprint density at radius 3 is 1.48 bits per heavy atom. The molecule has 1 heterocycles. The van der Waals surface area contributed by atoms with Gasteiger partial charge in [-0.15, -0.1) is 0 Å². The van der Waals surface area contributed by atoms with Gasteiger partial charge >= 0.3 is 0 Å². The predicted octanol–water partition coefficient (Wildman–Crippen LogP) is 16.7. The Morgan fingerprint density at radius 2 is 0.787 bits per heavy atom. The second-order valence-corrected chi connectivity index (χ2v) is 18.4. The van der Waals surface area contributed by atoms with Crippen LogP contribution in [0.4, 0.5) is 0 Å². The van der Waals surface area contributed by atoms with Gasteiger partial charge in [0.15, 0.2) is 0 Å². The number of fused-ring (bicyclic) bond motifs is 12. The first-order chi connectivity index (χ1) is 29.7. The van der Waals surface area contributed by atoms with Crippen molar-refractivity contribution < 1.29 is 4.42 Å². The van der Waals surface area contributed by atoms with Crippen molar-refractivity contribution in [2.75, 3.05) is 0 Å². The summed E-state index contributed by atoms with van der Waals surface area (Å²) in [6, 6.07) is 68.1. The molecule has 1 nitrogen and oxygen atoms in total. The molecular weight excluding hydrogens is 737 g/mol. The standard InChI is InChI=1S/C60H42O/c1-59(2)51-27-24-36(28-48(51)49-29-40-34-56-50(30-39(40)33-54(49)59)43-16-12-13-21-55(43)61-56)37-22-25-41-42-26-23-38(32-53(42)60(3,4)52(41)31-37)58-46-19-10-8-17-44(46)57(35-14-6-5-7-15-35)45-18-9-11-20-47(45)58/h5-34H,1-4H3. The molecule has 2 aliphatic rings. The second kappa shape index (κ2) is 12.2. The highest BCUT2D eigenvalue weighted by Crippen LogP contribution is 2.54. The number of hydrogen-bond donors (Lipinski definition) is 0. The molecule has 0 saturated heterocycles. The number of furan rings is 1. The minimum atomic E-state index is -0.182. The average molecular weight is 779 g/mol. The van der Waals surface area contributed by atoms with Crippen molar-refractivity contribution in [3.05, 3.63) is 204 Å². The molecule has 1 aromatic heterocycles. The highest BCUT2D eigenvalue weighted by molar-refractivity contribution is 6.21.